The minimum Gasteiger partial charge on any atom is -0.481 e. The average Bonchev–Trinajstić information content (AvgIpc) is 2.61. The molecule has 0 amide bonds. The molecular formula is C12H24N2O2. The van der Waals surface area contributed by atoms with Gasteiger partial charge in [-0.15, -0.1) is 0 Å². The van der Waals surface area contributed by atoms with Gasteiger partial charge in [-0.1, -0.05) is 20.8 Å². The zero-order valence-electron chi connectivity index (χ0n) is 10.6. The first kappa shape index (κ1) is 13.5. The summed E-state index contributed by atoms with van der Waals surface area (Å²) in [6, 6.07) is 0. The molecule has 0 aromatic carbocycles. The molecule has 0 radical (unpaired) electrons. The van der Waals surface area contributed by atoms with Crippen LogP contribution in [0.5, 0.6) is 0 Å². The van der Waals surface area contributed by atoms with E-state index in [1.165, 1.54) is 0 Å². The molecule has 4 nitrogen and oxygen atoms in total. The molecule has 1 aliphatic rings. The molecule has 0 aliphatic carbocycles. The lowest BCUT2D eigenvalue weighted by molar-refractivity contribution is -0.142. The summed E-state index contributed by atoms with van der Waals surface area (Å²) in [5, 5.41) is 9.03. The van der Waals surface area contributed by atoms with Crippen LogP contribution in [-0.4, -0.2) is 60.1 Å². The highest BCUT2D eigenvalue weighted by atomic mass is 16.4. The van der Waals surface area contributed by atoms with Crippen molar-refractivity contribution < 1.29 is 9.90 Å². The van der Waals surface area contributed by atoms with Crippen molar-refractivity contribution in [2.24, 2.45) is 11.8 Å². The van der Waals surface area contributed by atoms with Crippen LogP contribution in [0.3, 0.4) is 0 Å². The second kappa shape index (κ2) is 6.21. The molecule has 1 heterocycles. The molecule has 1 N–H and O–H groups in total. The van der Waals surface area contributed by atoms with E-state index >= 15 is 0 Å². The molecule has 2 unspecified atom stereocenters. The van der Waals surface area contributed by atoms with Gasteiger partial charge in [-0.3, -0.25) is 4.79 Å². The van der Waals surface area contributed by atoms with Crippen LogP contribution in [0.2, 0.25) is 0 Å². The van der Waals surface area contributed by atoms with Crippen molar-refractivity contribution in [1.82, 2.24) is 9.80 Å². The number of nitrogens with zero attached hydrogens (tertiary/aromatic N) is 2. The Labute approximate surface area is 98.2 Å². The monoisotopic (exact) mass is 228 g/mol. The first-order valence-corrected chi connectivity index (χ1v) is 6.26. The van der Waals surface area contributed by atoms with Crippen LogP contribution in [0.25, 0.3) is 0 Å². The van der Waals surface area contributed by atoms with Gasteiger partial charge >= 0.3 is 5.97 Å². The molecule has 1 aliphatic heterocycles. The Morgan fingerprint density at radius 3 is 2.44 bits per heavy atom. The summed E-state index contributed by atoms with van der Waals surface area (Å²) >= 11 is 0. The third-order valence-electron chi connectivity index (χ3n) is 3.63. The number of carboxylic acid groups (broad SMARTS) is 1. The lowest BCUT2D eigenvalue weighted by Gasteiger charge is -2.22. The Kier molecular flexibility index (Phi) is 5.22. The van der Waals surface area contributed by atoms with Crippen LogP contribution in [0.4, 0.5) is 0 Å². The number of carbonyl (C=O) groups is 1. The largest absolute Gasteiger partial charge is 0.481 e. The molecule has 16 heavy (non-hydrogen) atoms. The van der Waals surface area contributed by atoms with E-state index in [0.29, 0.717) is 0 Å². The molecule has 1 saturated heterocycles. The maximum atomic E-state index is 11.0. The fourth-order valence-electron chi connectivity index (χ4n) is 2.39. The van der Waals surface area contributed by atoms with E-state index in [0.717, 1.165) is 39.3 Å². The van der Waals surface area contributed by atoms with Crippen molar-refractivity contribution in [1.29, 1.82) is 0 Å². The van der Waals surface area contributed by atoms with E-state index in [1.807, 2.05) is 6.92 Å². The molecular weight excluding hydrogens is 204 g/mol. The predicted molar refractivity (Wildman–Crippen MR) is 64.5 cm³/mol. The molecule has 94 valence electrons. The zero-order valence-corrected chi connectivity index (χ0v) is 10.6. The molecule has 0 bridgehead atoms. The maximum absolute atomic E-state index is 11.0. The standard InChI is InChI=1S/C12H24N2O2/c1-4-13(5-2)6-7-14-8-10(3)11(9-14)12(15)16/h10-11H,4-9H2,1-3H3,(H,15,16). The van der Waals surface area contributed by atoms with Crippen molar-refractivity contribution in [2.45, 2.75) is 20.8 Å². The second-order valence-electron chi connectivity index (χ2n) is 4.71. The zero-order chi connectivity index (χ0) is 12.1. The molecule has 2 atom stereocenters. The van der Waals surface area contributed by atoms with Gasteiger partial charge in [-0.05, 0) is 19.0 Å². The molecule has 0 aromatic rings. The summed E-state index contributed by atoms with van der Waals surface area (Å²) in [6.07, 6.45) is 0. The number of carboxylic acids is 1. The highest BCUT2D eigenvalue weighted by Gasteiger charge is 2.34. The van der Waals surface area contributed by atoms with Gasteiger partial charge in [0.25, 0.3) is 0 Å². The Morgan fingerprint density at radius 2 is 2.00 bits per heavy atom. The number of aliphatic carboxylic acids is 1. The molecule has 1 rings (SSSR count). The molecule has 0 saturated carbocycles. The minimum atomic E-state index is -0.641. The van der Waals surface area contributed by atoms with Gasteiger partial charge in [0, 0.05) is 26.2 Å². The molecule has 0 aromatic heterocycles. The van der Waals surface area contributed by atoms with E-state index in [4.69, 9.17) is 5.11 Å². The highest BCUT2D eigenvalue weighted by molar-refractivity contribution is 5.71. The van der Waals surface area contributed by atoms with Crippen LogP contribution < -0.4 is 0 Å². The fourth-order valence-corrected chi connectivity index (χ4v) is 2.39. The lowest BCUT2D eigenvalue weighted by Crippen LogP contribution is -2.34. The summed E-state index contributed by atoms with van der Waals surface area (Å²) in [5.74, 6) is -0.524. The van der Waals surface area contributed by atoms with Crippen molar-refractivity contribution in [3.63, 3.8) is 0 Å². The Balaban J connectivity index is 2.33. The first-order chi connectivity index (χ1) is 7.58. The van der Waals surface area contributed by atoms with Crippen LogP contribution in [-0.2, 0) is 4.79 Å². The molecule has 4 heteroatoms. The quantitative estimate of drug-likeness (QED) is 0.736. The third-order valence-corrected chi connectivity index (χ3v) is 3.63. The number of likely N-dealkylation sites (tertiary alicyclic amines) is 1. The van der Waals surface area contributed by atoms with Crippen LogP contribution in [0.1, 0.15) is 20.8 Å². The van der Waals surface area contributed by atoms with Crippen molar-refractivity contribution in [3.05, 3.63) is 0 Å². The van der Waals surface area contributed by atoms with Gasteiger partial charge < -0.3 is 14.9 Å². The van der Waals surface area contributed by atoms with Gasteiger partial charge in [0.05, 0.1) is 5.92 Å². The minimum absolute atomic E-state index is 0.170. The van der Waals surface area contributed by atoms with Crippen LogP contribution >= 0.6 is 0 Å². The fraction of sp³-hybridized carbons (Fsp3) is 0.917. The van der Waals surface area contributed by atoms with E-state index in [9.17, 15) is 4.79 Å². The Bertz CT molecular complexity index is 229. The van der Waals surface area contributed by atoms with Gasteiger partial charge in [-0.25, -0.2) is 0 Å². The van der Waals surface area contributed by atoms with Crippen molar-refractivity contribution in [2.75, 3.05) is 39.3 Å². The summed E-state index contributed by atoms with van der Waals surface area (Å²) in [7, 11) is 0. The summed E-state index contributed by atoms with van der Waals surface area (Å²) in [4.78, 5) is 15.6. The van der Waals surface area contributed by atoms with Gasteiger partial charge in [0.15, 0.2) is 0 Å². The van der Waals surface area contributed by atoms with Gasteiger partial charge in [0.2, 0.25) is 0 Å². The topological polar surface area (TPSA) is 43.8 Å². The number of likely N-dealkylation sites (N-methyl/N-ethyl adjacent to an activating group) is 1. The van der Waals surface area contributed by atoms with E-state index in [2.05, 4.69) is 23.6 Å². The number of rotatable bonds is 6. The SMILES string of the molecule is CCN(CC)CCN1CC(C)C(C(=O)O)C1. The molecule has 1 fully saturated rings. The summed E-state index contributed by atoms with van der Waals surface area (Å²) < 4.78 is 0. The summed E-state index contributed by atoms with van der Waals surface area (Å²) in [5.41, 5.74) is 0. The van der Waals surface area contributed by atoms with E-state index < -0.39 is 5.97 Å². The highest BCUT2D eigenvalue weighted by Crippen LogP contribution is 2.22. The first-order valence-electron chi connectivity index (χ1n) is 6.26. The second-order valence-corrected chi connectivity index (χ2v) is 4.71. The van der Waals surface area contributed by atoms with Gasteiger partial charge in [-0.2, -0.15) is 0 Å². The Hall–Kier alpha value is -0.610. The van der Waals surface area contributed by atoms with E-state index in [1.54, 1.807) is 0 Å². The predicted octanol–water partition coefficient (Wildman–Crippen LogP) is 0.981. The normalized spacial score (nSPS) is 26.5. The van der Waals surface area contributed by atoms with Crippen molar-refractivity contribution >= 4 is 5.97 Å². The third kappa shape index (κ3) is 3.46. The smallest absolute Gasteiger partial charge is 0.308 e. The van der Waals surface area contributed by atoms with Gasteiger partial charge in [0.1, 0.15) is 0 Å². The van der Waals surface area contributed by atoms with Crippen molar-refractivity contribution in [3.8, 4) is 0 Å². The Morgan fingerprint density at radius 1 is 1.38 bits per heavy atom. The van der Waals surface area contributed by atoms with Crippen LogP contribution in [0.15, 0.2) is 0 Å². The lowest BCUT2D eigenvalue weighted by atomic mass is 9.99. The number of hydrogen-bond donors (Lipinski definition) is 1. The molecule has 0 spiro atoms. The van der Waals surface area contributed by atoms with Crippen LogP contribution in [0, 0.1) is 11.8 Å². The maximum Gasteiger partial charge on any atom is 0.308 e. The van der Waals surface area contributed by atoms with E-state index in [-0.39, 0.29) is 11.8 Å². The number of hydrogen-bond acceptors (Lipinski definition) is 3. The average molecular weight is 228 g/mol. The summed E-state index contributed by atoms with van der Waals surface area (Å²) in [6.45, 7) is 12.2.